The van der Waals surface area contributed by atoms with E-state index < -0.39 is 8.07 Å². The minimum atomic E-state index is -1.06. The number of hydrogen-bond donors (Lipinski definition) is 1. The lowest BCUT2D eigenvalue weighted by Crippen LogP contribution is -2.17. The van der Waals surface area contributed by atoms with Gasteiger partial charge in [0.1, 0.15) is 0 Å². The average Bonchev–Trinajstić information content (AvgIpc) is 2.45. The van der Waals surface area contributed by atoms with Crippen molar-refractivity contribution in [3.05, 3.63) is 23.4 Å². The Labute approximate surface area is 88.5 Å². The third kappa shape index (κ3) is 3.80. The van der Waals surface area contributed by atoms with Gasteiger partial charge in [-0.1, -0.05) is 43.1 Å². The first kappa shape index (κ1) is 11.7. The topological polar surface area (TPSA) is 20.2 Å². The molecule has 0 saturated heterocycles. The molecule has 1 saturated carbocycles. The zero-order chi connectivity index (χ0) is 10.6. The van der Waals surface area contributed by atoms with Crippen LogP contribution in [0.1, 0.15) is 19.3 Å². The quantitative estimate of drug-likeness (QED) is 0.560. The Kier molecular flexibility index (Phi) is 4.14. The van der Waals surface area contributed by atoms with Crippen molar-refractivity contribution in [2.45, 2.75) is 38.9 Å². The molecule has 1 unspecified atom stereocenters. The highest BCUT2D eigenvalue weighted by Gasteiger charge is 2.21. The molecule has 0 aromatic carbocycles. The van der Waals surface area contributed by atoms with Gasteiger partial charge in [-0.3, -0.25) is 0 Å². The van der Waals surface area contributed by atoms with Gasteiger partial charge in [0.2, 0.25) is 0 Å². The molecule has 0 amide bonds. The fourth-order valence-corrected chi connectivity index (χ4v) is 3.55. The van der Waals surface area contributed by atoms with Gasteiger partial charge >= 0.3 is 0 Å². The molecule has 0 aliphatic heterocycles. The van der Waals surface area contributed by atoms with Gasteiger partial charge in [-0.05, 0) is 25.2 Å². The number of aliphatic hydroxyl groups excluding tert-OH is 1. The van der Waals surface area contributed by atoms with Crippen molar-refractivity contribution in [3.63, 3.8) is 0 Å². The van der Waals surface area contributed by atoms with E-state index in [0.717, 1.165) is 0 Å². The van der Waals surface area contributed by atoms with Gasteiger partial charge in [-0.2, -0.15) is 0 Å². The van der Waals surface area contributed by atoms with Crippen LogP contribution >= 0.6 is 0 Å². The third-order valence-corrected chi connectivity index (χ3v) is 3.79. The van der Waals surface area contributed by atoms with Gasteiger partial charge < -0.3 is 5.11 Å². The summed E-state index contributed by atoms with van der Waals surface area (Å²) in [6.07, 6.45) is 7.92. The van der Waals surface area contributed by atoms with Crippen molar-refractivity contribution >= 4 is 8.07 Å². The zero-order valence-corrected chi connectivity index (χ0v) is 10.6. The summed E-state index contributed by atoms with van der Waals surface area (Å²) in [4.78, 5) is 0. The minimum absolute atomic E-state index is 0.177. The van der Waals surface area contributed by atoms with E-state index >= 15 is 0 Å². The van der Waals surface area contributed by atoms with E-state index in [0.29, 0.717) is 5.92 Å². The first-order valence-corrected chi connectivity index (χ1v) is 9.10. The van der Waals surface area contributed by atoms with Gasteiger partial charge in [0.15, 0.2) is 0 Å². The van der Waals surface area contributed by atoms with Crippen LogP contribution in [0.3, 0.4) is 0 Å². The molecule has 0 aromatic rings. The van der Waals surface area contributed by atoms with Crippen LogP contribution in [-0.2, 0) is 0 Å². The molecule has 1 aliphatic rings. The SMILES string of the molecule is C[Si](C)(C)/C=C1/CCCC1/C=C/CO. The first-order chi connectivity index (χ1) is 6.53. The maximum Gasteiger partial charge on any atom is 0.0686 e. The Balaban J connectivity index is 2.68. The van der Waals surface area contributed by atoms with Crippen molar-refractivity contribution in [3.8, 4) is 0 Å². The molecule has 0 bridgehead atoms. The fraction of sp³-hybridized carbons (Fsp3) is 0.667. The smallest absolute Gasteiger partial charge is 0.0686 e. The molecule has 1 fully saturated rings. The van der Waals surface area contributed by atoms with E-state index in [1.165, 1.54) is 19.3 Å². The predicted molar refractivity (Wildman–Crippen MR) is 65.0 cm³/mol. The van der Waals surface area contributed by atoms with Crippen molar-refractivity contribution in [2.24, 2.45) is 5.92 Å². The summed E-state index contributed by atoms with van der Waals surface area (Å²) in [7, 11) is -1.06. The summed E-state index contributed by atoms with van der Waals surface area (Å²) in [5.74, 6) is 0.619. The molecule has 1 N–H and O–H groups in total. The third-order valence-electron chi connectivity index (χ3n) is 2.55. The zero-order valence-electron chi connectivity index (χ0n) is 9.59. The summed E-state index contributed by atoms with van der Waals surface area (Å²) < 4.78 is 0. The van der Waals surface area contributed by atoms with Crippen LogP contribution in [-0.4, -0.2) is 19.8 Å². The highest BCUT2D eigenvalue weighted by atomic mass is 28.3. The van der Waals surface area contributed by atoms with Crippen molar-refractivity contribution in [2.75, 3.05) is 6.61 Å². The van der Waals surface area contributed by atoms with Crippen molar-refractivity contribution in [1.29, 1.82) is 0 Å². The second-order valence-corrected chi connectivity index (χ2v) is 10.2. The van der Waals surface area contributed by atoms with Gasteiger partial charge in [-0.25, -0.2) is 0 Å². The van der Waals surface area contributed by atoms with Crippen LogP contribution in [0, 0.1) is 5.92 Å². The van der Waals surface area contributed by atoms with Gasteiger partial charge in [0.05, 0.1) is 14.7 Å². The molecular formula is C12H22OSi. The molecule has 80 valence electrons. The van der Waals surface area contributed by atoms with Crippen molar-refractivity contribution < 1.29 is 5.11 Å². The molecule has 14 heavy (non-hydrogen) atoms. The Morgan fingerprint density at radius 3 is 2.71 bits per heavy atom. The lowest BCUT2D eigenvalue weighted by molar-refractivity contribution is 0.342. The summed E-state index contributed by atoms with van der Waals surface area (Å²) in [5, 5.41) is 8.75. The lowest BCUT2D eigenvalue weighted by Gasteiger charge is -2.14. The van der Waals surface area contributed by atoms with E-state index in [4.69, 9.17) is 5.11 Å². The summed E-state index contributed by atoms with van der Waals surface area (Å²) in [6, 6.07) is 0. The van der Waals surface area contributed by atoms with Crippen LogP contribution in [0.25, 0.3) is 0 Å². The van der Waals surface area contributed by atoms with Crippen LogP contribution in [0.5, 0.6) is 0 Å². The number of allylic oxidation sites excluding steroid dienone is 2. The Bertz CT molecular complexity index is 235. The minimum Gasteiger partial charge on any atom is -0.392 e. The van der Waals surface area contributed by atoms with Gasteiger partial charge in [-0.15, -0.1) is 0 Å². The van der Waals surface area contributed by atoms with Crippen LogP contribution < -0.4 is 0 Å². The number of hydrogen-bond acceptors (Lipinski definition) is 1. The second kappa shape index (κ2) is 4.94. The molecule has 1 rings (SSSR count). The molecule has 1 nitrogen and oxygen atoms in total. The molecule has 0 spiro atoms. The van der Waals surface area contributed by atoms with E-state index in [2.05, 4.69) is 31.4 Å². The van der Waals surface area contributed by atoms with Crippen LogP contribution in [0.4, 0.5) is 0 Å². The normalized spacial score (nSPS) is 26.6. The van der Waals surface area contributed by atoms with Crippen LogP contribution in [0.2, 0.25) is 19.6 Å². The van der Waals surface area contributed by atoms with Gasteiger partial charge in [0.25, 0.3) is 0 Å². The van der Waals surface area contributed by atoms with Crippen LogP contribution in [0.15, 0.2) is 23.4 Å². The fourth-order valence-electron chi connectivity index (χ4n) is 2.08. The van der Waals surface area contributed by atoms with E-state index in [1.807, 2.05) is 6.08 Å². The number of rotatable bonds is 3. The summed E-state index contributed by atoms with van der Waals surface area (Å²) in [5.41, 5.74) is 4.15. The standard InChI is InChI=1S/C12H22OSi/c1-14(2,3)10-12-7-4-6-11(12)8-5-9-13/h5,8,10-11,13H,4,6-7,9H2,1-3H3/b8-5+,12-10-. The first-order valence-electron chi connectivity index (χ1n) is 5.52. The highest BCUT2D eigenvalue weighted by molar-refractivity contribution is 6.81. The Morgan fingerprint density at radius 2 is 2.14 bits per heavy atom. The Hall–Kier alpha value is -0.343. The molecule has 2 heteroatoms. The predicted octanol–water partition coefficient (Wildman–Crippen LogP) is 3.14. The monoisotopic (exact) mass is 210 g/mol. The molecule has 0 aromatic heterocycles. The van der Waals surface area contributed by atoms with E-state index in [9.17, 15) is 0 Å². The second-order valence-electron chi connectivity index (χ2n) is 5.19. The summed E-state index contributed by atoms with van der Waals surface area (Å²) >= 11 is 0. The average molecular weight is 210 g/mol. The van der Waals surface area contributed by atoms with E-state index in [-0.39, 0.29) is 6.61 Å². The van der Waals surface area contributed by atoms with Crippen molar-refractivity contribution in [1.82, 2.24) is 0 Å². The molecule has 1 aliphatic carbocycles. The molecule has 1 atom stereocenters. The lowest BCUT2D eigenvalue weighted by atomic mass is 10.0. The summed E-state index contributed by atoms with van der Waals surface area (Å²) in [6.45, 7) is 7.32. The molecule has 0 heterocycles. The maximum atomic E-state index is 8.75. The number of aliphatic hydroxyl groups is 1. The Morgan fingerprint density at radius 1 is 1.43 bits per heavy atom. The highest BCUT2D eigenvalue weighted by Crippen LogP contribution is 2.33. The van der Waals surface area contributed by atoms with Gasteiger partial charge in [0, 0.05) is 0 Å². The maximum absolute atomic E-state index is 8.75. The largest absolute Gasteiger partial charge is 0.392 e. The molecule has 0 radical (unpaired) electrons. The molecular weight excluding hydrogens is 188 g/mol. The van der Waals surface area contributed by atoms with E-state index in [1.54, 1.807) is 5.57 Å².